The van der Waals surface area contributed by atoms with Crippen LogP contribution >= 0.6 is 0 Å². The molecule has 2 nitrogen and oxygen atoms in total. The van der Waals surface area contributed by atoms with E-state index in [1.165, 1.54) is 5.56 Å². The van der Waals surface area contributed by atoms with E-state index in [1.54, 1.807) is 0 Å². The van der Waals surface area contributed by atoms with Gasteiger partial charge in [0.2, 0.25) is 0 Å². The zero-order chi connectivity index (χ0) is 14.8. The Bertz CT molecular complexity index is 763. The van der Waals surface area contributed by atoms with Gasteiger partial charge in [0.1, 0.15) is 0 Å². The van der Waals surface area contributed by atoms with E-state index in [2.05, 4.69) is 44.2 Å². The Morgan fingerprint density at radius 3 is 2.43 bits per heavy atom. The summed E-state index contributed by atoms with van der Waals surface area (Å²) in [5, 5.41) is 0. The highest BCUT2D eigenvalue weighted by molar-refractivity contribution is 5.81. The third-order valence-electron chi connectivity index (χ3n) is 4.09. The summed E-state index contributed by atoms with van der Waals surface area (Å²) in [4.78, 5) is 9.72. The van der Waals surface area contributed by atoms with Crippen LogP contribution in [0.2, 0.25) is 0 Å². The van der Waals surface area contributed by atoms with Crippen LogP contribution in [-0.2, 0) is 0 Å². The Balaban J connectivity index is 2.22. The topological polar surface area (TPSA) is 25.8 Å². The first-order chi connectivity index (χ1) is 10.2. The summed E-state index contributed by atoms with van der Waals surface area (Å²) in [5.41, 5.74) is 6.42. The fourth-order valence-corrected chi connectivity index (χ4v) is 2.67. The van der Waals surface area contributed by atoms with Gasteiger partial charge in [-0.1, -0.05) is 56.3 Å². The van der Waals surface area contributed by atoms with E-state index in [9.17, 15) is 0 Å². The molecule has 0 aliphatic heterocycles. The molecule has 2 aromatic carbocycles. The van der Waals surface area contributed by atoms with Crippen LogP contribution in [0.25, 0.3) is 22.3 Å². The Labute approximate surface area is 125 Å². The third-order valence-corrected chi connectivity index (χ3v) is 4.09. The number of benzene rings is 2. The largest absolute Gasteiger partial charge is 0.249 e. The van der Waals surface area contributed by atoms with Gasteiger partial charge in [-0.3, -0.25) is 0 Å². The van der Waals surface area contributed by atoms with Gasteiger partial charge in [0.05, 0.1) is 22.4 Å². The first-order valence-corrected chi connectivity index (χ1v) is 7.53. The molecule has 2 heteroatoms. The van der Waals surface area contributed by atoms with Crippen molar-refractivity contribution in [2.45, 2.75) is 33.1 Å². The van der Waals surface area contributed by atoms with Crippen LogP contribution in [-0.4, -0.2) is 9.97 Å². The molecule has 106 valence electrons. The Morgan fingerprint density at radius 1 is 0.952 bits per heavy atom. The van der Waals surface area contributed by atoms with Crippen LogP contribution in [0.1, 0.15) is 37.4 Å². The van der Waals surface area contributed by atoms with Gasteiger partial charge in [0.25, 0.3) is 0 Å². The van der Waals surface area contributed by atoms with Gasteiger partial charge in [0, 0.05) is 5.56 Å². The maximum absolute atomic E-state index is 4.86. The van der Waals surface area contributed by atoms with Crippen molar-refractivity contribution in [2.75, 3.05) is 0 Å². The molecule has 0 saturated heterocycles. The smallest absolute Gasteiger partial charge is 0.0925 e. The molecular weight excluding hydrogens is 256 g/mol. The summed E-state index contributed by atoms with van der Waals surface area (Å²) in [7, 11) is 0. The highest BCUT2D eigenvalue weighted by Crippen LogP contribution is 2.28. The summed E-state index contributed by atoms with van der Waals surface area (Å²) in [6.45, 7) is 6.50. The summed E-state index contributed by atoms with van der Waals surface area (Å²) >= 11 is 0. The zero-order valence-electron chi connectivity index (χ0n) is 12.8. The van der Waals surface area contributed by atoms with Crippen molar-refractivity contribution < 1.29 is 0 Å². The Kier molecular flexibility index (Phi) is 3.70. The van der Waals surface area contributed by atoms with Crippen molar-refractivity contribution in [3.8, 4) is 11.3 Å². The molecule has 0 radical (unpaired) electrons. The molecule has 0 aliphatic carbocycles. The van der Waals surface area contributed by atoms with E-state index in [4.69, 9.17) is 9.97 Å². The predicted molar refractivity (Wildman–Crippen MR) is 88.4 cm³/mol. The molecule has 1 heterocycles. The van der Waals surface area contributed by atoms with Crippen LogP contribution in [0, 0.1) is 6.92 Å². The minimum atomic E-state index is 0.505. The lowest BCUT2D eigenvalue weighted by Crippen LogP contribution is -1.99. The van der Waals surface area contributed by atoms with Gasteiger partial charge < -0.3 is 0 Å². The summed E-state index contributed by atoms with van der Waals surface area (Å²) in [6, 6.07) is 16.6. The molecule has 0 amide bonds. The van der Waals surface area contributed by atoms with Gasteiger partial charge in [-0.25, -0.2) is 9.97 Å². The molecule has 3 rings (SSSR count). The second-order valence-electron chi connectivity index (χ2n) is 5.55. The predicted octanol–water partition coefficient (Wildman–Crippen LogP) is 5.12. The van der Waals surface area contributed by atoms with E-state index in [1.807, 2.05) is 25.1 Å². The maximum atomic E-state index is 4.86. The highest BCUT2D eigenvalue weighted by Gasteiger charge is 2.12. The standard InChI is InChI=1S/C19H20N2/c1-4-13(2)16-11-8-12-17-19(16)20-14(3)18(21-17)15-9-6-5-7-10-15/h5-13H,4H2,1-3H3. The molecular formula is C19H20N2. The average molecular weight is 276 g/mol. The molecule has 21 heavy (non-hydrogen) atoms. The molecule has 3 aromatic rings. The van der Waals surface area contributed by atoms with Gasteiger partial charge in [-0.2, -0.15) is 0 Å². The Morgan fingerprint density at radius 2 is 1.71 bits per heavy atom. The van der Waals surface area contributed by atoms with Gasteiger partial charge in [0.15, 0.2) is 0 Å². The lowest BCUT2D eigenvalue weighted by Gasteiger charge is -2.13. The molecule has 1 atom stereocenters. The second kappa shape index (κ2) is 5.65. The molecule has 0 spiro atoms. The SMILES string of the molecule is CCC(C)c1cccc2nc(-c3ccccc3)c(C)nc12. The number of hydrogen-bond acceptors (Lipinski definition) is 2. The normalized spacial score (nSPS) is 12.5. The van der Waals surface area contributed by atoms with E-state index in [0.29, 0.717) is 5.92 Å². The van der Waals surface area contributed by atoms with Crippen molar-refractivity contribution in [1.82, 2.24) is 9.97 Å². The van der Waals surface area contributed by atoms with Crippen molar-refractivity contribution >= 4 is 11.0 Å². The van der Waals surface area contributed by atoms with Crippen molar-refractivity contribution in [3.05, 3.63) is 59.8 Å². The van der Waals surface area contributed by atoms with E-state index >= 15 is 0 Å². The first kappa shape index (κ1) is 13.7. The monoisotopic (exact) mass is 276 g/mol. The number of rotatable bonds is 3. The highest BCUT2D eigenvalue weighted by atomic mass is 14.8. The fraction of sp³-hybridized carbons (Fsp3) is 0.263. The lowest BCUT2D eigenvalue weighted by molar-refractivity contribution is 0.737. The number of nitrogens with zero attached hydrogens (tertiary/aromatic N) is 2. The second-order valence-corrected chi connectivity index (χ2v) is 5.55. The quantitative estimate of drug-likeness (QED) is 0.663. The van der Waals surface area contributed by atoms with Crippen LogP contribution in [0.5, 0.6) is 0 Å². The van der Waals surface area contributed by atoms with Crippen LogP contribution < -0.4 is 0 Å². The fourth-order valence-electron chi connectivity index (χ4n) is 2.67. The van der Waals surface area contributed by atoms with Crippen molar-refractivity contribution in [3.63, 3.8) is 0 Å². The molecule has 0 bridgehead atoms. The number of aromatic nitrogens is 2. The minimum Gasteiger partial charge on any atom is -0.249 e. The Hall–Kier alpha value is -2.22. The molecule has 0 saturated carbocycles. The lowest BCUT2D eigenvalue weighted by atomic mass is 9.97. The molecule has 0 fully saturated rings. The number of para-hydroxylation sites is 1. The average Bonchev–Trinajstić information content (AvgIpc) is 2.54. The molecule has 1 aromatic heterocycles. The number of hydrogen-bond donors (Lipinski definition) is 0. The van der Waals surface area contributed by atoms with Gasteiger partial charge in [-0.15, -0.1) is 0 Å². The van der Waals surface area contributed by atoms with Crippen LogP contribution in [0.15, 0.2) is 48.5 Å². The number of aryl methyl sites for hydroxylation is 1. The zero-order valence-corrected chi connectivity index (χ0v) is 12.8. The third kappa shape index (κ3) is 2.54. The molecule has 0 aliphatic rings. The minimum absolute atomic E-state index is 0.505. The van der Waals surface area contributed by atoms with Crippen LogP contribution in [0.4, 0.5) is 0 Å². The van der Waals surface area contributed by atoms with Gasteiger partial charge >= 0.3 is 0 Å². The van der Waals surface area contributed by atoms with Crippen molar-refractivity contribution in [2.24, 2.45) is 0 Å². The summed E-state index contributed by atoms with van der Waals surface area (Å²) in [5.74, 6) is 0.505. The summed E-state index contributed by atoms with van der Waals surface area (Å²) in [6.07, 6.45) is 1.11. The van der Waals surface area contributed by atoms with Crippen LogP contribution in [0.3, 0.4) is 0 Å². The maximum Gasteiger partial charge on any atom is 0.0925 e. The molecule has 0 N–H and O–H groups in total. The van der Waals surface area contributed by atoms with Gasteiger partial charge in [-0.05, 0) is 30.9 Å². The van der Waals surface area contributed by atoms with Crippen molar-refractivity contribution in [1.29, 1.82) is 0 Å². The number of fused-ring (bicyclic) bond motifs is 1. The first-order valence-electron chi connectivity index (χ1n) is 7.53. The van der Waals surface area contributed by atoms with E-state index < -0.39 is 0 Å². The molecule has 1 unspecified atom stereocenters. The van der Waals surface area contributed by atoms with E-state index in [-0.39, 0.29) is 0 Å². The summed E-state index contributed by atoms with van der Waals surface area (Å²) < 4.78 is 0. The van der Waals surface area contributed by atoms with E-state index in [0.717, 1.165) is 34.4 Å².